The van der Waals surface area contributed by atoms with Gasteiger partial charge in [0.1, 0.15) is 16.9 Å². The van der Waals surface area contributed by atoms with E-state index in [1.807, 2.05) is 57.4 Å². The normalized spacial score (nSPS) is 12.2. The topological polar surface area (TPSA) is 71.8 Å². The molecule has 0 spiro atoms. The van der Waals surface area contributed by atoms with E-state index < -0.39 is 11.5 Å². The van der Waals surface area contributed by atoms with Crippen molar-refractivity contribution in [2.75, 3.05) is 19.4 Å². The van der Waals surface area contributed by atoms with Crippen molar-refractivity contribution >= 4 is 22.6 Å². The molecular weight excluding hydrogens is 404 g/mol. The van der Waals surface area contributed by atoms with Crippen LogP contribution in [0, 0.1) is 0 Å². The maximum Gasteiger partial charge on any atom is 0.349 e. The van der Waals surface area contributed by atoms with Crippen LogP contribution >= 0.6 is 0 Å². The van der Waals surface area contributed by atoms with Crippen LogP contribution in [-0.2, 0) is 13.0 Å². The number of benzene rings is 2. The Bertz CT molecular complexity index is 1130. The second kappa shape index (κ2) is 10.5. The van der Waals surface area contributed by atoms with Gasteiger partial charge in [-0.2, -0.15) is 0 Å². The first kappa shape index (κ1) is 23.5. The monoisotopic (exact) mass is 436 g/mol. The minimum Gasteiger partial charge on any atom is -0.490 e. The number of nitrogens with zero attached hydrogens (tertiary/aromatic N) is 1. The van der Waals surface area contributed by atoms with E-state index in [1.54, 1.807) is 6.07 Å². The number of aryl methyl sites for hydroxylation is 1. The number of nitrogens with one attached hydrogen (secondary N) is 1. The zero-order valence-electron chi connectivity index (χ0n) is 19.5. The highest BCUT2D eigenvalue weighted by Gasteiger charge is 2.18. The van der Waals surface area contributed by atoms with Crippen molar-refractivity contribution in [3.63, 3.8) is 0 Å². The van der Waals surface area contributed by atoms with Crippen LogP contribution in [0.25, 0.3) is 11.0 Å². The van der Waals surface area contributed by atoms with Crippen molar-refractivity contribution in [1.82, 2.24) is 4.90 Å². The standard InChI is InChI=1S/C26H32N2O4/c1-6-8-21-23(31-17(3)7-2)14-11-19-15-22(26(30)32-24(19)21)25(29)27-20-12-9-18(10-13-20)16-28(4)5/h9-15,17H,6-8,16H2,1-5H3,(H,27,29)/t17-/m1/s1. The summed E-state index contributed by atoms with van der Waals surface area (Å²) in [5.74, 6) is 0.241. The van der Waals surface area contributed by atoms with E-state index in [-0.39, 0.29) is 11.7 Å². The van der Waals surface area contributed by atoms with Crippen LogP contribution in [-0.4, -0.2) is 31.0 Å². The van der Waals surface area contributed by atoms with Crippen LogP contribution in [0.3, 0.4) is 0 Å². The number of carbonyl (C=O) groups is 1. The van der Waals surface area contributed by atoms with E-state index in [0.29, 0.717) is 16.7 Å². The summed E-state index contributed by atoms with van der Waals surface area (Å²) in [5.41, 5.74) is 2.44. The Balaban J connectivity index is 1.90. The van der Waals surface area contributed by atoms with E-state index in [0.717, 1.165) is 42.7 Å². The number of hydrogen-bond donors (Lipinski definition) is 1. The molecule has 170 valence electrons. The van der Waals surface area contributed by atoms with Crippen molar-refractivity contribution in [2.24, 2.45) is 0 Å². The smallest absolute Gasteiger partial charge is 0.349 e. The first-order chi connectivity index (χ1) is 15.3. The number of carbonyl (C=O) groups excluding carboxylic acids is 1. The average molecular weight is 437 g/mol. The second-order valence-electron chi connectivity index (χ2n) is 8.38. The van der Waals surface area contributed by atoms with Crippen LogP contribution in [0.15, 0.2) is 51.7 Å². The molecule has 1 heterocycles. The predicted molar refractivity (Wildman–Crippen MR) is 129 cm³/mol. The SMILES string of the molecule is CCCc1c(O[C@H](C)CC)ccc2cc(C(=O)Nc3ccc(CN(C)C)cc3)c(=O)oc12. The number of anilines is 1. The summed E-state index contributed by atoms with van der Waals surface area (Å²) in [4.78, 5) is 27.6. The zero-order chi connectivity index (χ0) is 23.3. The van der Waals surface area contributed by atoms with Gasteiger partial charge in [0.2, 0.25) is 0 Å². The maximum absolute atomic E-state index is 12.8. The molecule has 6 nitrogen and oxygen atoms in total. The molecule has 1 N–H and O–H groups in total. The van der Waals surface area contributed by atoms with Gasteiger partial charge in [0.05, 0.1) is 6.10 Å². The van der Waals surface area contributed by atoms with Gasteiger partial charge in [-0.25, -0.2) is 4.79 Å². The van der Waals surface area contributed by atoms with E-state index >= 15 is 0 Å². The molecule has 0 aliphatic carbocycles. The molecule has 0 saturated carbocycles. The van der Waals surface area contributed by atoms with Crippen molar-refractivity contribution < 1.29 is 13.9 Å². The van der Waals surface area contributed by atoms with Crippen molar-refractivity contribution in [1.29, 1.82) is 0 Å². The predicted octanol–water partition coefficient (Wildman–Crippen LogP) is 5.24. The number of fused-ring (bicyclic) bond motifs is 1. The number of amides is 1. The summed E-state index contributed by atoms with van der Waals surface area (Å²) >= 11 is 0. The zero-order valence-corrected chi connectivity index (χ0v) is 19.5. The second-order valence-corrected chi connectivity index (χ2v) is 8.38. The number of rotatable bonds is 9. The van der Waals surface area contributed by atoms with E-state index in [2.05, 4.69) is 24.1 Å². The summed E-state index contributed by atoms with van der Waals surface area (Å²) < 4.78 is 11.7. The molecule has 0 unspecified atom stereocenters. The molecule has 1 amide bonds. The largest absolute Gasteiger partial charge is 0.490 e. The first-order valence-electron chi connectivity index (χ1n) is 11.1. The maximum atomic E-state index is 12.8. The Morgan fingerprint density at radius 1 is 1.12 bits per heavy atom. The number of ether oxygens (including phenoxy) is 1. The third kappa shape index (κ3) is 5.56. The van der Waals surface area contributed by atoms with Crippen LogP contribution in [0.4, 0.5) is 5.69 Å². The summed E-state index contributed by atoms with van der Waals surface area (Å²) in [6.07, 6.45) is 2.54. The Morgan fingerprint density at radius 3 is 2.47 bits per heavy atom. The minimum absolute atomic E-state index is 0.0205. The van der Waals surface area contributed by atoms with Crippen LogP contribution in [0.2, 0.25) is 0 Å². The molecule has 1 atom stereocenters. The molecule has 0 saturated heterocycles. The molecule has 0 fully saturated rings. The Labute approximate surface area is 189 Å². The van der Waals surface area contributed by atoms with Crippen LogP contribution in [0.1, 0.15) is 55.1 Å². The lowest BCUT2D eigenvalue weighted by Crippen LogP contribution is -2.21. The summed E-state index contributed by atoms with van der Waals surface area (Å²) in [5, 5.41) is 3.50. The molecule has 1 aromatic heterocycles. The van der Waals surface area contributed by atoms with Gasteiger partial charge in [0.15, 0.2) is 0 Å². The quantitative estimate of drug-likeness (QED) is 0.465. The molecule has 0 radical (unpaired) electrons. The van der Waals surface area contributed by atoms with Gasteiger partial charge >= 0.3 is 5.63 Å². The minimum atomic E-state index is -0.655. The highest BCUT2D eigenvalue weighted by molar-refractivity contribution is 6.05. The molecule has 3 aromatic rings. The van der Waals surface area contributed by atoms with Crippen molar-refractivity contribution in [3.05, 3.63) is 69.6 Å². The van der Waals surface area contributed by atoms with Crippen LogP contribution < -0.4 is 15.7 Å². The highest BCUT2D eigenvalue weighted by Crippen LogP contribution is 2.30. The highest BCUT2D eigenvalue weighted by atomic mass is 16.5. The van der Waals surface area contributed by atoms with E-state index in [9.17, 15) is 9.59 Å². The third-order valence-corrected chi connectivity index (χ3v) is 5.32. The third-order valence-electron chi connectivity index (χ3n) is 5.32. The fourth-order valence-corrected chi connectivity index (χ4v) is 3.54. The van der Waals surface area contributed by atoms with Crippen molar-refractivity contribution in [3.8, 4) is 5.75 Å². The first-order valence-corrected chi connectivity index (χ1v) is 11.1. The summed E-state index contributed by atoms with van der Waals surface area (Å²) in [6, 6.07) is 12.9. The lowest BCUT2D eigenvalue weighted by atomic mass is 10.0. The fraction of sp³-hybridized carbons (Fsp3) is 0.385. The molecule has 3 rings (SSSR count). The fourth-order valence-electron chi connectivity index (χ4n) is 3.54. The number of hydrogen-bond acceptors (Lipinski definition) is 5. The lowest BCUT2D eigenvalue weighted by Gasteiger charge is -2.17. The van der Waals surface area contributed by atoms with E-state index in [1.165, 1.54) is 0 Å². The molecule has 0 aliphatic rings. The summed E-state index contributed by atoms with van der Waals surface area (Å²) in [7, 11) is 4.00. The van der Waals surface area contributed by atoms with Gasteiger partial charge in [-0.3, -0.25) is 4.79 Å². The Hall–Kier alpha value is -3.12. The van der Waals surface area contributed by atoms with Gasteiger partial charge < -0.3 is 19.4 Å². The molecule has 0 aliphatic heterocycles. The molecule has 32 heavy (non-hydrogen) atoms. The van der Waals surface area contributed by atoms with Crippen LogP contribution in [0.5, 0.6) is 5.75 Å². The van der Waals surface area contributed by atoms with Gasteiger partial charge in [-0.1, -0.05) is 32.4 Å². The summed E-state index contributed by atoms with van der Waals surface area (Å²) in [6.45, 7) is 6.95. The van der Waals surface area contributed by atoms with Gasteiger partial charge in [0, 0.05) is 23.2 Å². The van der Waals surface area contributed by atoms with E-state index in [4.69, 9.17) is 9.15 Å². The Kier molecular flexibility index (Phi) is 7.70. The van der Waals surface area contributed by atoms with Crippen molar-refractivity contribution in [2.45, 2.75) is 52.7 Å². The van der Waals surface area contributed by atoms with Gasteiger partial charge in [-0.15, -0.1) is 0 Å². The Morgan fingerprint density at radius 2 is 1.84 bits per heavy atom. The molecule has 6 heteroatoms. The molecular formula is C26H32N2O4. The van der Waals surface area contributed by atoms with Gasteiger partial charge in [0.25, 0.3) is 5.91 Å². The molecule has 2 aromatic carbocycles. The lowest BCUT2D eigenvalue weighted by molar-refractivity contribution is 0.102. The van der Waals surface area contributed by atoms with Gasteiger partial charge in [-0.05, 0) is 69.8 Å². The average Bonchev–Trinajstić information content (AvgIpc) is 2.76. The molecule has 0 bridgehead atoms.